The normalized spacial score (nSPS) is 10.1. The summed E-state index contributed by atoms with van der Waals surface area (Å²) in [7, 11) is 0. The highest BCUT2D eigenvalue weighted by atomic mass is 19.1. The number of amides is 1. The molecular formula is C19H15FN2O. The third-order valence-electron chi connectivity index (χ3n) is 3.31. The van der Waals surface area contributed by atoms with Crippen LogP contribution in [0.5, 0.6) is 0 Å². The van der Waals surface area contributed by atoms with Crippen LogP contribution in [0.1, 0.15) is 10.4 Å². The van der Waals surface area contributed by atoms with Crippen LogP contribution in [0.3, 0.4) is 0 Å². The second-order valence-electron chi connectivity index (χ2n) is 5.00. The van der Waals surface area contributed by atoms with Crippen LogP contribution in [-0.4, -0.2) is 5.91 Å². The average Bonchev–Trinajstić information content (AvgIpc) is 2.57. The Kier molecular flexibility index (Phi) is 4.34. The van der Waals surface area contributed by atoms with E-state index in [1.165, 1.54) is 18.2 Å². The second kappa shape index (κ2) is 6.75. The third kappa shape index (κ3) is 3.74. The Labute approximate surface area is 133 Å². The Hall–Kier alpha value is -3.14. The minimum absolute atomic E-state index is 0.277. The van der Waals surface area contributed by atoms with E-state index in [4.69, 9.17) is 0 Å². The van der Waals surface area contributed by atoms with Crippen molar-refractivity contribution < 1.29 is 9.18 Å². The standard InChI is InChI=1S/C19H15FN2O/c20-15-8-6-7-14(13-15)19(23)22-18-12-5-4-11-17(18)21-16-9-2-1-3-10-16/h1-13,21H,(H,22,23). The van der Waals surface area contributed by atoms with Crippen LogP contribution in [0.25, 0.3) is 0 Å². The average molecular weight is 306 g/mol. The van der Waals surface area contributed by atoms with Crippen molar-refractivity contribution in [3.63, 3.8) is 0 Å². The summed E-state index contributed by atoms with van der Waals surface area (Å²) in [6, 6.07) is 22.6. The summed E-state index contributed by atoms with van der Waals surface area (Å²) >= 11 is 0. The highest BCUT2D eigenvalue weighted by molar-refractivity contribution is 6.06. The summed E-state index contributed by atoms with van der Waals surface area (Å²) in [5.74, 6) is -0.792. The van der Waals surface area contributed by atoms with Gasteiger partial charge in [0.1, 0.15) is 5.82 Å². The first-order valence-corrected chi connectivity index (χ1v) is 7.20. The van der Waals surface area contributed by atoms with Crippen molar-refractivity contribution in [1.82, 2.24) is 0 Å². The van der Waals surface area contributed by atoms with Gasteiger partial charge in [-0.05, 0) is 42.5 Å². The molecule has 0 heterocycles. The molecule has 3 aromatic rings. The molecule has 0 aliphatic heterocycles. The van der Waals surface area contributed by atoms with Gasteiger partial charge in [-0.25, -0.2) is 4.39 Å². The quantitative estimate of drug-likeness (QED) is 0.725. The number of carbonyl (C=O) groups is 1. The van der Waals surface area contributed by atoms with E-state index < -0.39 is 5.82 Å². The Morgan fingerprint density at radius 2 is 1.48 bits per heavy atom. The van der Waals surface area contributed by atoms with Crippen molar-refractivity contribution in [2.24, 2.45) is 0 Å². The van der Waals surface area contributed by atoms with E-state index in [-0.39, 0.29) is 11.5 Å². The molecule has 114 valence electrons. The molecule has 0 spiro atoms. The minimum Gasteiger partial charge on any atom is -0.354 e. The van der Waals surface area contributed by atoms with Gasteiger partial charge in [0.25, 0.3) is 5.91 Å². The van der Waals surface area contributed by atoms with E-state index in [9.17, 15) is 9.18 Å². The van der Waals surface area contributed by atoms with Crippen LogP contribution in [0.4, 0.5) is 21.5 Å². The third-order valence-corrected chi connectivity index (χ3v) is 3.31. The predicted molar refractivity (Wildman–Crippen MR) is 90.5 cm³/mol. The number of hydrogen-bond acceptors (Lipinski definition) is 2. The number of para-hydroxylation sites is 3. The summed E-state index contributed by atoms with van der Waals surface area (Å²) in [6.45, 7) is 0. The minimum atomic E-state index is -0.437. The second-order valence-corrected chi connectivity index (χ2v) is 5.00. The maximum Gasteiger partial charge on any atom is 0.255 e. The first-order valence-electron chi connectivity index (χ1n) is 7.20. The summed E-state index contributed by atoms with van der Waals surface area (Å²) in [4.78, 5) is 12.3. The van der Waals surface area contributed by atoms with Crippen LogP contribution in [0.15, 0.2) is 78.9 Å². The zero-order chi connectivity index (χ0) is 16.1. The van der Waals surface area contributed by atoms with Gasteiger partial charge in [0, 0.05) is 11.3 Å². The molecule has 0 saturated heterocycles. The van der Waals surface area contributed by atoms with Gasteiger partial charge in [0.15, 0.2) is 0 Å². The molecule has 0 aromatic heterocycles. The lowest BCUT2D eigenvalue weighted by molar-refractivity contribution is 0.102. The topological polar surface area (TPSA) is 41.1 Å². The van der Waals surface area contributed by atoms with Crippen molar-refractivity contribution in [3.05, 3.63) is 90.2 Å². The van der Waals surface area contributed by atoms with Gasteiger partial charge in [-0.1, -0.05) is 36.4 Å². The fourth-order valence-electron chi connectivity index (χ4n) is 2.20. The Morgan fingerprint density at radius 1 is 0.783 bits per heavy atom. The molecule has 0 saturated carbocycles. The lowest BCUT2D eigenvalue weighted by atomic mass is 10.2. The van der Waals surface area contributed by atoms with Crippen LogP contribution in [0.2, 0.25) is 0 Å². The molecule has 0 unspecified atom stereocenters. The molecule has 3 nitrogen and oxygen atoms in total. The van der Waals surface area contributed by atoms with Gasteiger partial charge < -0.3 is 10.6 Å². The summed E-state index contributed by atoms with van der Waals surface area (Å²) in [5, 5.41) is 6.06. The summed E-state index contributed by atoms with van der Waals surface area (Å²) < 4.78 is 13.2. The van der Waals surface area contributed by atoms with Crippen LogP contribution in [0, 0.1) is 5.82 Å². The number of halogens is 1. The van der Waals surface area contributed by atoms with Gasteiger partial charge in [0.2, 0.25) is 0 Å². The van der Waals surface area contributed by atoms with Crippen molar-refractivity contribution in [2.45, 2.75) is 0 Å². The first kappa shape index (κ1) is 14.8. The van der Waals surface area contributed by atoms with E-state index in [1.54, 1.807) is 12.1 Å². The molecule has 0 radical (unpaired) electrons. The van der Waals surface area contributed by atoms with Gasteiger partial charge in [-0.15, -0.1) is 0 Å². The fourth-order valence-corrected chi connectivity index (χ4v) is 2.20. The molecule has 3 rings (SSSR count). The highest BCUT2D eigenvalue weighted by Crippen LogP contribution is 2.25. The monoisotopic (exact) mass is 306 g/mol. The van der Waals surface area contributed by atoms with Crippen molar-refractivity contribution >= 4 is 23.0 Å². The van der Waals surface area contributed by atoms with Crippen molar-refractivity contribution in [3.8, 4) is 0 Å². The van der Waals surface area contributed by atoms with Crippen LogP contribution in [-0.2, 0) is 0 Å². The van der Waals surface area contributed by atoms with Crippen LogP contribution >= 0.6 is 0 Å². The molecular weight excluding hydrogens is 291 g/mol. The molecule has 0 fully saturated rings. The number of hydrogen-bond donors (Lipinski definition) is 2. The van der Waals surface area contributed by atoms with Gasteiger partial charge in [0.05, 0.1) is 11.4 Å². The van der Waals surface area contributed by atoms with Gasteiger partial charge >= 0.3 is 0 Å². The van der Waals surface area contributed by atoms with Crippen LogP contribution < -0.4 is 10.6 Å². The summed E-state index contributed by atoms with van der Waals surface area (Å²) in [5.41, 5.74) is 2.59. The Balaban J connectivity index is 1.82. The van der Waals surface area contributed by atoms with E-state index >= 15 is 0 Å². The van der Waals surface area contributed by atoms with Gasteiger partial charge in [-0.2, -0.15) is 0 Å². The number of rotatable bonds is 4. The van der Waals surface area contributed by atoms with E-state index in [0.29, 0.717) is 5.69 Å². The zero-order valence-corrected chi connectivity index (χ0v) is 12.3. The molecule has 2 N–H and O–H groups in total. The van der Waals surface area contributed by atoms with E-state index in [2.05, 4.69) is 10.6 Å². The molecule has 1 amide bonds. The first-order chi connectivity index (χ1) is 11.2. The Bertz CT molecular complexity index is 818. The number of nitrogens with one attached hydrogen (secondary N) is 2. The molecule has 23 heavy (non-hydrogen) atoms. The maximum atomic E-state index is 13.2. The van der Waals surface area contributed by atoms with E-state index in [1.807, 2.05) is 48.5 Å². The fraction of sp³-hybridized carbons (Fsp3) is 0. The number of anilines is 3. The van der Waals surface area contributed by atoms with Gasteiger partial charge in [-0.3, -0.25) is 4.79 Å². The van der Waals surface area contributed by atoms with Crippen molar-refractivity contribution in [2.75, 3.05) is 10.6 Å². The molecule has 3 aromatic carbocycles. The zero-order valence-electron chi connectivity index (χ0n) is 12.3. The molecule has 0 atom stereocenters. The maximum absolute atomic E-state index is 13.2. The molecule has 4 heteroatoms. The molecule has 0 aliphatic carbocycles. The molecule has 0 bridgehead atoms. The highest BCUT2D eigenvalue weighted by Gasteiger charge is 2.09. The Morgan fingerprint density at radius 3 is 2.22 bits per heavy atom. The number of carbonyl (C=O) groups excluding carboxylic acids is 1. The molecule has 0 aliphatic rings. The SMILES string of the molecule is O=C(Nc1ccccc1Nc1ccccc1)c1cccc(F)c1. The predicted octanol–water partition coefficient (Wildman–Crippen LogP) is 4.82. The smallest absolute Gasteiger partial charge is 0.255 e. The largest absolute Gasteiger partial charge is 0.354 e. The lowest BCUT2D eigenvalue weighted by Gasteiger charge is -2.13. The van der Waals surface area contributed by atoms with Crippen molar-refractivity contribution in [1.29, 1.82) is 0 Å². The number of benzene rings is 3. The van der Waals surface area contributed by atoms with E-state index in [0.717, 1.165) is 11.4 Å². The lowest BCUT2D eigenvalue weighted by Crippen LogP contribution is -2.13. The summed E-state index contributed by atoms with van der Waals surface area (Å²) in [6.07, 6.45) is 0.